The average molecular weight is 403 g/mol. The molecule has 4 nitrogen and oxygen atoms in total. The van der Waals surface area contributed by atoms with E-state index in [0.29, 0.717) is 22.0 Å². The minimum absolute atomic E-state index is 0.170. The molecule has 1 aliphatic carbocycles. The Morgan fingerprint density at radius 1 is 1.20 bits per heavy atom. The molecule has 1 N–H and O–H groups in total. The Bertz CT molecular complexity index is 922. The minimum atomic E-state index is -0.327. The first-order valence-electron chi connectivity index (χ1n) is 8.06. The van der Waals surface area contributed by atoms with Gasteiger partial charge in [-0.05, 0) is 65.2 Å². The van der Waals surface area contributed by atoms with E-state index in [1.165, 1.54) is 12.1 Å². The first-order valence-corrected chi connectivity index (χ1v) is 8.85. The summed E-state index contributed by atoms with van der Waals surface area (Å²) < 4.78 is 21.6. The van der Waals surface area contributed by atoms with Crippen LogP contribution in [-0.2, 0) is 6.61 Å². The lowest BCUT2D eigenvalue weighted by Crippen LogP contribution is -2.02. The van der Waals surface area contributed by atoms with E-state index in [2.05, 4.69) is 21.0 Å². The van der Waals surface area contributed by atoms with Crippen LogP contribution in [0.3, 0.4) is 0 Å². The highest BCUT2D eigenvalue weighted by atomic mass is 79.9. The molecule has 4 rings (SSSR count). The van der Waals surface area contributed by atoms with Gasteiger partial charge in [-0.3, -0.25) is 0 Å². The number of aliphatic hydroxyl groups is 1. The first kappa shape index (κ1) is 16.3. The van der Waals surface area contributed by atoms with E-state index in [1.54, 1.807) is 10.7 Å². The lowest BCUT2D eigenvalue weighted by Gasteiger charge is -2.11. The molecule has 2 aromatic carbocycles. The summed E-state index contributed by atoms with van der Waals surface area (Å²) in [6, 6.07) is 14.1. The fourth-order valence-corrected chi connectivity index (χ4v) is 3.18. The lowest BCUT2D eigenvalue weighted by molar-refractivity contribution is 0.276. The van der Waals surface area contributed by atoms with Crippen LogP contribution >= 0.6 is 15.9 Å². The summed E-state index contributed by atoms with van der Waals surface area (Å²) in [6.45, 7) is -0.170. The maximum atomic E-state index is 13.4. The van der Waals surface area contributed by atoms with Gasteiger partial charge in [-0.15, -0.1) is 0 Å². The van der Waals surface area contributed by atoms with Crippen molar-refractivity contribution in [3.63, 3.8) is 0 Å². The third-order valence-corrected chi connectivity index (χ3v) is 4.65. The predicted octanol–water partition coefficient (Wildman–Crippen LogP) is 4.47. The van der Waals surface area contributed by atoms with Crippen LogP contribution in [0.25, 0.3) is 16.9 Å². The number of hydrogen-bond acceptors (Lipinski definition) is 3. The number of rotatable bonds is 5. The molecule has 1 aromatic heterocycles. The number of hydrogen-bond donors (Lipinski definition) is 1. The molecule has 1 saturated carbocycles. The number of halogens is 2. The fraction of sp³-hybridized carbons (Fsp3) is 0.211. The monoisotopic (exact) mass is 402 g/mol. The molecular weight excluding hydrogens is 387 g/mol. The van der Waals surface area contributed by atoms with Crippen molar-refractivity contribution in [3.05, 3.63) is 64.5 Å². The predicted molar refractivity (Wildman–Crippen MR) is 96.2 cm³/mol. The highest BCUT2D eigenvalue weighted by Gasteiger charge is 2.23. The van der Waals surface area contributed by atoms with Crippen molar-refractivity contribution >= 4 is 15.9 Å². The van der Waals surface area contributed by atoms with E-state index >= 15 is 0 Å². The van der Waals surface area contributed by atoms with Gasteiger partial charge in [-0.1, -0.05) is 12.1 Å². The van der Waals surface area contributed by atoms with Crippen LogP contribution in [0.5, 0.6) is 5.75 Å². The van der Waals surface area contributed by atoms with Crippen molar-refractivity contribution in [2.45, 2.75) is 25.6 Å². The highest BCUT2D eigenvalue weighted by Crippen LogP contribution is 2.32. The van der Waals surface area contributed by atoms with Gasteiger partial charge in [-0.25, -0.2) is 9.07 Å². The summed E-state index contributed by atoms with van der Waals surface area (Å²) in [5, 5.41) is 13.9. The Balaban J connectivity index is 1.80. The molecule has 3 aromatic rings. The normalized spacial score (nSPS) is 13.9. The Kier molecular flexibility index (Phi) is 4.31. The maximum Gasteiger partial charge on any atom is 0.124 e. The Hall–Kier alpha value is -2.18. The van der Waals surface area contributed by atoms with Crippen molar-refractivity contribution in [1.29, 1.82) is 0 Å². The van der Waals surface area contributed by atoms with E-state index in [0.717, 1.165) is 29.8 Å². The second-order valence-electron chi connectivity index (χ2n) is 6.03. The summed E-state index contributed by atoms with van der Waals surface area (Å²) in [5.41, 5.74) is 2.96. The maximum absolute atomic E-state index is 13.4. The molecule has 0 atom stereocenters. The molecule has 1 heterocycles. The van der Waals surface area contributed by atoms with E-state index in [9.17, 15) is 9.50 Å². The fourth-order valence-electron chi connectivity index (χ4n) is 2.66. The summed E-state index contributed by atoms with van der Waals surface area (Å²) >= 11 is 3.39. The largest absolute Gasteiger partial charge is 0.490 e. The van der Waals surface area contributed by atoms with Crippen molar-refractivity contribution in [2.24, 2.45) is 0 Å². The number of nitrogens with zero attached hydrogens (tertiary/aromatic N) is 2. The number of aromatic nitrogens is 2. The van der Waals surface area contributed by atoms with Crippen LogP contribution in [-0.4, -0.2) is 21.0 Å². The van der Waals surface area contributed by atoms with Crippen LogP contribution in [0, 0.1) is 5.82 Å². The molecule has 0 aliphatic heterocycles. The topological polar surface area (TPSA) is 47.3 Å². The first-order chi connectivity index (χ1) is 12.1. The second-order valence-corrected chi connectivity index (χ2v) is 6.89. The van der Waals surface area contributed by atoms with E-state index in [-0.39, 0.29) is 12.4 Å². The zero-order valence-corrected chi connectivity index (χ0v) is 14.9. The van der Waals surface area contributed by atoms with Crippen LogP contribution in [0.15, 0.2) is 53.0 Å². The third-order valence-electron chi connectivity index (χ3n) is 4.02. The third kappa shape index (κ3) is 3.45. The van der Waals surface area contributed by atoms with Gasteiger partial charge in [0, 0.05) is 10.0 Å². The molecule has 6 heteroatoms. The Labute approximate surface area is 153 Å². The SMILES string of the molecule is OCc1cc(-c2cccc(OC3CC3)c2)n(-c2ccc(F)cc2Br)n1. The van der Waals surface area contributed by atoms with Crippen molar-refractivity contribution in [1.82, 2.24) is 9.78 Å². The van der Waals surface area contributed by atoms with Crippen LogP contribution in [0.1, 0.15) is 18.5 Å². The molecule has 128 valence electrons. The van der Waals surface area contributed by atoms with Gasteiger partial charge in [0.2, 0.25) is 0 Å². The van der Waals surface area contributed by atoms with Crippen LogP contribution in [0.2, 0.25) is 0 Å². The quantitative estimate of drug-likeness (QED) is 0.684. The smallest absolute Gasteiger partial charge is 0.124 e. The van der Waals surface area contributed by atoms with Crippen LogP contribution < -0.4 is 4.74 Å². The van der Waals surface area contributed by atoms with Crippen molar-refractivity contribution in [3.8, 4) is 22.7 Å². The molecule has 1 fully saturated rings. The summed E-state index contributed by atoms with van der Waals surface area (Å²) in [6.07, 6.45) is 2.51. The zero-order valence-electron chi connectivity index (χ0n) is 13.3. The molecular formula is C19H16BrFN2O2. The minimum Gasteiger partial charge on any atom is -0.490 e. The summed E-state index contributed by atoms with van der Waals surface area (Å²) in [5.74, 6) is 0.489. The molecule has 0 amide bonds. The average Bonchev–Trinajstić information content (AvgIpc) is 3.31. The van der Waals surface area contributed by atoms with E-state index in [4.69, 9.17) is 4.74 Å². The van der Waals surface area contributed by atoms with Gasteiger partial charge in [0.1, 0.15) is 11.6 Å². The van der Waals surface area contributed by atoms with Gasteiger partial charge in [0.05, 0.1) is 29.8 Å². The van der Waals surface area contributed by atoms with Gasteiger partial charge >= 0.3 is 0 Å². The molecule has 0 radical (unpaired) electrons. The molecule has 0 bridgehead atoms. The van der Waals surface area contributed by atoms with Gasteiger partial charge in [0.15, 0.2) is 0 Å². The molecule has 0 unspecified atom stereocenters. The lowest BCUT2D eigenvalue weighted by atomic mass is 10.1. The van der Waals surface area contributed by atoms with E-state index < -0.39 is 0 Å². The number of benzene rings is 2. The Morgan fingerprint density at radius 3 is 2.76 bits per heavy atom. The molecule has 0 spiro atoms. The number of ether oxygens (including phenoxy) is 1. The van der Waals surface area contributed by atoms with Gasteiger partial charge < -0.3 is 9.84 Å². The standard InChI is InChI=1S/C19H16BrFN2O2/c20-17-9-13(21)4-7-18(17)23-19(10-14(11-24)22-23)12-2-1-3-16(8-12)25-15-5-6-15/h1-4,7-10,15,24H,5-6,11H2. The highest BCUT2D eigenvalue weighted by molar-refractivity contribution is 9.10. The van der Waals surface area contributed by atoms with Crippen molar-refractivity contribution in [2.75, 3.05) is 0 Å². The van der Waals surface area contributed by atoms with Gasteiger partial charge in [-0.2, -0.15) is 5.10 Å². The van der Waals surface area contributed by atoms with Crippen molar-refractivity contribution < 1.29 is 14.2 Å². The summed E-state index contributed by atoms with van der Waals surface area (Å²) in [4.78, 5) is 0. The van der Waals surface area contributed by atoms with Gasteiger partial charge in [0.25, 0.3) is 0 Å². The van der Waals surface area contributed by atoms with Crippen LogP contribution in [0.4, 0.5) is 4.39 Å². The molecule has 0 saturated heterocycles. The molecule has 25 heavy (non-hydrogen) atoms. The second kappa shape index (κ2) is 6.61. The van der Waals surface area contributed by atoms with E-state index in [1.807, 2.05) is 30.3 Å². The molecule has 1 aliphatic rings. The zero-order chi connectivity index (χ0) is 17.4. The summed E-state index contributed by atoms with van der Waals surface area (Å²) in [7, 11) is 0. The number of aliphatic hydroxyl groups excluding tert-OH is 1. The Morgan fingerprint density at radius 2 is 2.04 bits per heavy atom.